The van der Waals surface area contributed by atoms with E-state index in [1.165, 1.54) is 23.5 Å². The smallest absolute Gasteiger partial charge is 0.245 e. The number of rotatable bonds is 8. The lowest BCUT2D eigenvalue weighted by atomic mass is 9.94. The second-order valence-electron chi connectivity index (χ2n) is 8.78. The molecule has 9 heteroatoms. The molecule has 2 unspecified atom stereocenters. The normalized spacial score (nSPS) is 21.7. The summed E-state index contributed by atoms with van der Waals surface area (Å²) in [6.07, 6.45) is 3.96. The second-order valence-corrected chi connectivity index (χ2v) is 10.7. The minimum Gasteiger partial charge on any atom is -0.497 e. The number of carbonyl (C=O) groups excluding carboxylic acids is 2. The molecule has 32 heavy (non-hydrogen) atoms. The van der Waals surface area contributed by atoms with E-state index in [1.54, 1.807) is 12.1 Å². The molecule has 2 fully saturated rings. The summed E-state index contributed by atoms with van der Waals surface area (Å²) in [7, 11) is -2.18. The lowest BCUT2D eigenvalue weighted by Crippen LogP contribution is -2.54. The van der Waals surface area contributed by atoms with Crippen LogP contribution in [0.5, 0.6) is 5.75 Å². The quantitative estimate of drug-likeness (QED) is 0.635. The van der Waals surface area contributed by atoms with Crippen molar-refractivity contribution in [3.05, 3.63) is 24.3 Å². The van der Waals surface area contributed by atoms with Crippen LogP contribution >= 0.6 is 0 Å². The molecule has 0 radical (unpaired) electrons. The summed E-state index contributed by atoms with van der Waals surface area (Å²) in [6.45, 7) is 5.94. The Hall–Kier alpha value is -2.13. The molecule has 8 nitrogen and oxygen atoms in total. The Morgan fingerprint density at radius 1 is 1.12 bits per heavy atom. The SMILES string of the molecule is CCC(C)[C@@H](NC(=O)C1CCCN(S(=O)(=O)c2ccc(OC)cc2)C1)C(=O)N1CCCC1. The molecule has 2 aliphatic heterocycles. The van der Waals surface area contributed by atoms with Gasteiger partial charge in [0, 0.05) is 26.2 Å². The summed E-state index contributed by atoms with van der Waals surface area (Å²) in [6, 6.07) is 5.69. The maximum atomic E-state index is 13.1. The molecule has 0 aromatic heterocycles. The van der Waals surface area contributed by atoms with E-state index >= 15 is 0 Å². The van der Waals surface area contributed by atoms with Crippen molar-refractivity contribution in [1.29, 1.82) is 0 Å². The topological polar surface area (TPSA) is 96.0 Å². The number of hydrogen-bond donors (Lipinski definition) is 1. The van der Waals surface area contributed by atoms with Gasteiger partial charge in [-0.25, -0.2) is 8.42 Å². The zero-order valence-corrected chi connectivity index (χ0v) is 20.1. The number of benzene rings is 1. The number of amides is 2. The van der Waals surface area contributed by atoms with E-state index < -0.39 is 22.0 Å². The molecule has 1 aromatic carbocycles. The highest BCUT2D eigenvalue weighted by Gasteiger charge is 2.37. The Morgan fingerprint density at radius 3 is 2.38 bits per heavy atom. The van der Waals surface area contributed by atoms with Gasteiger partial charge in [0.1, 0.15) is 11.8 Å². The Bertz CT molecular complexity index is 897. The summed E-state index contributed by atoms with van der Waals surface area (Å²) >= 11 is 0. The van der Waals surface area contributed by atoms with E-state index in [9.17, 15) is 18.0 Å². The average Bonchev–Trinajstić information content (AvgIpc) is 3.36. The Morgan fingerprint density at radius 2 is 1.78 bits per heavy atom. The van der Waals surface area contributed by atoms with Crippen molar-refractivity contribution in [2.75, 3.05) is 33.3 Å². The van der Waals surface area contributed by atoms with Gasteiger partial charge in [-0.2, -0.15) is 4.31 Å². The minimum atomic E-state index is -3.71. The van der Waals surface area contributed by atoms with Crippen molar-refractivity contribution in [2.24, 2.45) is 11.8 Å². The number of piperidine rings is 1. The van der Waals surface area contributed by atoms with E-state index in [-0.39, 0.29) is 29.2 Å². The molecule has 1 aromatic rings. The lowest BCUT2D eigenvalue weighted by Gasteiger charge is -2.33. The van der Waals surface area contributed by atoms with Gasteiger partial charge in [0.15, 0.2) is 0 Å². The van der Waals surface area contributed by atoms with E-state index in [1.807, 2.05) is 18.7 Å². The highest BCUT2D eigenvalue weighted by Crippen LogP contribution is 2.26. The third kappa shape index (κ3) is 5.43. The Balaban J connectivity index is 1.69. The standard InChI is InChI=1S/C23H35N3O5S/c1-4-17(2)21(23(28)25-13-5-6-14-25)24-22(27)18-8-7-15-26(16-18)32(29,30)20-11-9-19(31-3)10-12-20/h9-12,17-18,21H,4-8,13-16H2,1-3H3,(H,24,27)/t17?,18?,21-/m1/s1. The van der Waals surface area contributed by atoms with Crippen molar-refractivity contribution in [3.8, 4) is 5.75 Å². The molecule has 2 saturated heterocycles. The van der Waals surface area contributed by atoms with Crippen LogP contribution in [-0.4, -0.2) is 68.8 Å². The summed E-state index contributed by atoms with van der Waals surface area (Å²) < 4.78 is 32.7. The van der Waals surface area contributed by atoms with E-state index in [0.29, 0.717) is 25.1 Å². The molecule has 3 atom stereocenters. The van der Waals surface area contributed by atoms with Crippen LogP contribution in [0.4, 0.5) is 0 Å². The van der Waals surface area contributed by atoms with Crippen LogP contribution in [0.1, 0.15) is 46.0 Å². The van der Waals surface area contributed by atoms with Crippen molar-refractivity contribution < 1.29 is 22.7 Å². The molecule has 2 heterocycles. The number of likely N-dealkylation sites (tertiary alicyclic amines) is 1. The van der Waals surface area contributed by atoms with Crippen molar-refractivity contribution in [1.82, 2.24) is 14.5 Å². The zero-order valence-electron chi connectivity index (χ0n) is 19.2. The first-order valence-electron chi connectivity index (χ1n) is 11.5. The molecular formula is C23H35N3O5S. The maximum absolute atomic E-state index is 13.1. The molecule has 0 bridgehead atoms. The molecule has 178 valence electrons. The number of carbonyl (C=O) groups is 2. The van der Waals surface area contributed by atoms with Gasteiger partial charge in [0.05, 0.1) is 17.9 Å². The van der Waals surface area contributed by atoms with Crippen molar-refractivity contribution in [3.63, 3.8) is 0 Å². The van der Waals surface area contributed by atoms with Crippen molar-refractivity contribution >= 4 is 21.8 Å². The van der Waals surface area contributed by atoms with Gasteiger partial charge < -0.3 is 15.0 Å². The van der Waals surface area contributed by atoms with Gasteiger partial charge in [0.25, 0.3) is 0 Å². The minimum absolute atomic E-state index is 0.00905. The molecule has 2 amide bonds. The monoisotopic (exact) mass is 465 g/mol. The third-order valence-corrected chi connectivity index (χ3v) is 8.53. The van der Waals surface area contributed by atoms with Crippen molar-refractivity contribution in [2.45, 2.75) is 56.9 Å². The Kier molecular flexibility index (Phi) is 8.16. The lowest BCUT2D eigenvalue weighted by molar-refractivity contribution is -0.138. The van der Waals surface area contributed by atoms with Gasteiger partial charge in [-0.1, -0.05) is 20.3 Å². The van der Waals surface area contributed by atoms with Crippen LogP contribution in [0.3, 0.4) is 0 Å². The average molecular weight is 466 g/mol. The third-order valence-electron chi connectivity index (χ3n) is 6.65. The summed E-state index contributed by atoms with van der Waals surface area (Å²) in [5, 5.41) is 2.97. The summed E-state index contributed by atoms with van der Waals surface area (Å²) in [5.74, 6) is -0.149. The molecule has 2 aliphatic rings. The number of ether oxygens (including phenoxy) is 1. The van der Waals surface area contributed by atoms with Crippen LogP contribution < -0.4 is 10.1 Å². The number of hydrogen-bond acceptors (Lipinski definition) is 5. The summed E-state index contributed by atoms with van der Waals surface area (Å²) in [5.41, 5.74) is 0. The number of methoxy groups -OCH3 is 1. The van der Waals surface area contributed by atoms with E-state index in [0.717, 1.165) is 32.4 Å². The highest BCUT2D eigenvalue weighted by atomic mass is 32.2. The first-order chi connectivity index (χ1) is 15.3. The molecule has 1 N–H and O–H groups in total. The van der Waals surface area contributed by atoms with E-state index in [2.05, 4.69) is 5.32 Å². The van der Waals surface area contributed by atoms with Gasteiger partial charge in [-0.15, -0.1) is 0 Å². The number of nitrogens with one attached hydrogen (secondary N) is 1. The molecular weight excluding hydrogens is 430 g/mol. The van der Waals surface area contributed by atoms with Gasteiger partial charge in [-0.05, 0) is 55.9 Å². The van der Waals surface area contributed by atoms with E-state index in [4.69, 9.17) is 4.74 Å². The first kappa shape index (κ1) is 24.5. The molecule has 3 rings (SSSR count). The highest BCUT2D eigenvalue weighted by molar-refractivity contribution is 7.89. The molecule has 0 spiro atoms. The van der Waals surface area contributed by atoms with Crippen LogP contribution in [0.2, 0.25) is 0 Å². The van der Waals surface area contributed by atoms with Gasteiger partial charge >= 0.3 is 0 Å². The number of nitrogens with zero attached hydrogens (tertiary/aromatic N) is 2. The summed E-state index contributed by atoms with van der Waals surface area (Å²) in [4.78, 5) is 28.2. The predicted octanol–water partition coefficient (Wildman–Crippen LogP) is 2.25. The molecule has 0 aliphatic carbocycles. The first-order valence-corrected chi connectivity index (χ1v) is 12.9. The maximum Gasteiger partial charge on any atom is 0.245 e. The molecule has 0 saturated carbocycles. The zero-order chi connectivity index (χ0) is 23.3. The van der Waals surface area contributed by atoms with Crippen LogP contribution in [-0.2, 0) is 19.6 Å². The predicted molar refractivity (Wildman–Crippen MR) is 122 cm³/mol. The fraction of sp³-hybridized carbons (Fsp3) is 0.652. The fourth-order valence-electron chi connectivity index (χ4n) is 4.36. The largest absolute Gasteiger partial charge is 0.497 e. The second kappa shape index (κ2) is 10.7. The number of sulfonamides is 1. The fourth-order valence-corrected chi connectivity index (χ4v) is 5.88. The van der Waals surface area contributed by atoms with Crippen LogP contribution in [0.15, 0.2) is 29.2 Å². The Labute approximate surface area is 191 Å². The van der Waals surface area contributed by atoms with Crippen LogP contribution in [0, 0.1) is 11.8 Å². The van der Waals surface area contributed by atoms with Crippen LogP contribution in [0.25, 0.3) is 0 Å². The van der Waals surface area contributed by atoms with Gasteiger partial charge in [-0.3, -0.25) is 9.59 Å². The van der Waals surface area contributed by atoms with Gasteiger partial charge in [0.2, 0.25) is 21.8 Å².